The zero-order chi connectivity index (χ0) is 17.0. The number of benzene rings is 1. The third kappa shape index (κ3) is 3.83. The quantitative estimate of drug-likeness (QED) is 0.664. The molecule has 0 aliphatic carbocycles. The molecule has 1 aromatic heterocycles. The molecule has 0 saturated carbocycles. The molecule has 1 aromatic carbocycles. The average molecular weight is 345 g/mol. The fourth-order valence-electron chi connectivity index (χ4n) is 1.60. The maximum Gasteiger partial charge on any atom is 0.352 e. The second kappa shape index (κ2) is 7.18. The van der Waals surface area contributed by atoms with Crippen molar-refractivity contribution in [3.05, 3.63) is 40.2 Å². The van der Waals surface area contributed by atoms with Crippen LogP contribution in [-0.4, -0.2) is 28.1 Å². The van der Waals surface area contributed by atoms with Crippen LogP contribution in [0.15, 0.2) is 12.1 Å². The standard InChI is InChI=1S/C13H10F3N3O3S/c1-2-7-12(23-19-18-7)13(21)22-5-9(20)17-8-4-3-6(14)10(15)11(8)16/h3-4H,2,5H2,1H3,(H,17,20). The number of esters is 1. The third-order valence-electron chi connectivity index (χ3n) is 2.72. The minimum Gasteiger partial charge on any atom is -0.451 e. The number of nitrogens with one attached hydrogen (secondary N) is 1. The van der Waals surface area contributed by atoms with Crippen molar-refractivity contribution in [2.24, 2.45) is 0 Å². The molecule has 0 bridgehead atoms. The molecule has 0 atom stereocenters. The summed E-state index contributed by atoms with van der Waals surface area (Å²) in [5.74, 6) is -6.32. The summed E-state index contributed by atoms with van der Waals surface area (Å²) in [5, 5.41) is 5.70. The first kappa shape index (κ1) is 16.9. The fraction of sp³-hybridized carbons (Fsp3) is 0.231. The molecular weight excluding hydrogens is 335 g/mol. The summed E-state index contributed by atoms with van der Waals surface area (Å²) in [6.07, 6.45) is 0.465. The van der Waals surface area contributed by atoms with E-state index in [0.29, 0.717) is 18.2 Å². The van der Waals surface area contributed by atoms with Crippen LogP contribution in [0.1, 0.15) is 22.3 Å². The molecule has 122 valence electrons. The van der Waals surface area contributed by atoms with Gasteiger partial charge >= 0.3 is 5.97 Å². The highest BCUT2D eigenvalue weighted by Gasteiger charge is 2.19. The third-order valence-corrected chi connectivity index (χ3v) is 3.47. The number of rotatable bonds is 5. The van der Waals surface area contributed by atoms with Gasteiger partial charge in [-0.2, -0.15) is 0 Å². The van der Waals surface area contributed by atoms with Crippen molar-refractivity contribution in [1.82, 2.24) is 9.59 Å². The van der Waals surface area contributed by atoms with E-state index in [-0.39, 0.29) is 4.88 Å². The summed E-state index contributed by atoms with van der Waals surface area (Å²) in [6, 6.07) is 1.52. The molecule has 2 rings (SSSR count). The lowest BCUT2D eigenvalue weighted by atomic mass is 10.3. The number of amides is 1. The van der Waals surface area contributed by atoms with Crippen molar-refractivity contribution in [2.75, 3.05) is 11.9 Å². The Balaban J connectivity index is 1.96. The molecule has 23 heavy (non-hydrogen) atoms. The van der Waals surface area contributed by atoms with E-state index >= 15 is 0 Å². The van der Waals surface area contributed by atoms with Crippen LogP contribution < -0.4 is 5.32 Å². The van der Waals surface area contributed by atoms with Crippen molar-refractivity contribution < 1.29 is 27.5 Å². The van der Waals surface area contributed by atoms with Gasteiger partial charge in [-0.3, -0.25) is 4.79 Å². The lowest BCUT2D eigenvalue weighted by molar-refractivity contribution is -0.119. The van der Waals surface area contributed by atoms with Crippen molar-refractivity contribution >= 4 is 29.1 Å². The molecule has 0 unspecified atom stereocenters. The smallest absolute Gasteiger partial charge is 0.352 e. The number of aryl methyl sites for hydroxylation is 1. The Morgan fingerprint density at radius 2 is 2.00 bits per heavy atom. The lowest BCUT2D eigenvalue weighted by Crippen LogP contribution is -2.21. The van der Waals surface area contributed by atoms with Gasteiger partial charge < -0.3 is 10.1 Å². The summed E-state index contributed by atoms with van der Waals surface area (Å²) < 4.78 is 47.5. The molecule has 1 N–H and O–H groups in total. The summed E-state index contributed by atoms with van der Waals surface area (Å²) in [4.78, 5) is 23.5. The molecule has 0 spiro atoms. The van der Waals surface area contributed by atoms with Gasteiger partial charge in [-0.1, -0.05) is 11.4 Å². The van der Waals surface area contributed by atoms with E-state index in [9.17, 15) is 22.8 Å². The molecule has 0 aliphatic rings. The minimum absolute atomic E-state index is 0.166. The van der Waals surface area contributed by atoms with E-state index in [4.69, 9.17) is 4.74 Å². The van der Waals surface area contributed by atoms with Crippen molar-refractivity contribution in [1.29, 1.82) is 0 Å². The van der Waals surface area contributed by atoms with E-state index in [1.165, 1.54) is 0 Å². The highest BCUT2D eigenvalue weighted by atomic mass is 32.1. The van der Waals surface area contributed by atoms with Crippen molar-refractivity contribution in [3.63, 3.8) is 0 Å². The molecule has 0 saturated heterocycles. The molecule has 1 heterocycles. The SMILES string of the molecule is CCc1nnsc1C(=O)OCC(=O)Nc1ccc(F)c(F)c1F. The van der Waals surface area contributed by atoms with Crippen LogP contribution >= 0.6 is 11.5 Å². The number of carbonyl (C=O) groups excluding carboxylic acids is 2. The fourth-order valence-corrected chi connectivity index (χ4v) is 2.25. The maximum atomic E-state index is 13.4. The van der Waals surface area contributed by atoms with Gasteiger partial charge in [0.15, 0.2) is 28.9 Å². The Labute approximate surface area is 132 Å². The van der Waals surface area contributed by atoms with Gasteiger partial charge in [0, 0.05) is 0 Å². The van der Waals surface area contributed by atoms with E-state index in [0.717, 1.165) is 17.6 Å². The molecule has 10 heteroatoms. The van der Waals surface area contributed by atoms with Crippen molar-refractivity contribution in [2.45, 2.75) is 13.3 Å². The number of aromatic nitrogens is 2. The first-order valence-corrected chi connectivity index (χ1v) is 7.13. The lowest BCUT2D eigenvalue weighted by Gasteiger charge is -2.07. The van der Waals surface area contributed by atoms with Crippen LogP contribution in [0.3, 0.4) is 0 Å². The molecule has 0 aliphatic heterocycles. The highest BCUT2D eigenvalue weighted by molar-refractivity contribution is 7.07. The van der Waals surface area contributed by atoms with Gasteiger partial charge in [-0.25, -0.2) is 18.0 Å². The Hall–Kier alpha value is -2.49. The number of nitrogens with zero attached hydrogens (tertiary/aromatic N) is 2. The Morgan fingerprint density at radius 3 is 2.70 bits per heavy atom. The normalized spacial score (nSPS) is 10.4. The Kier molecular flexibility index (Phi) is 5.27. The van der Waals surface area contributed by atoms with E-state index in [1.807, 2.05) is 5.32 Å². The molecule has 2 aromatic rings. The van der Waals surface area contributed by atoms with Crippen LogP contribution in [0, 0.1) is 17.5 Å². The first-order chi connectivity index (χ1) is 10.9. The van der Waals surface area contributed by atoms with Crippen LogP contribution in [0.2, 0.25) is 0 Å². The van der Waals surface area contributed by atoms with Gasteiger partial charge in [-0.05, 0) is 30.1 Å². The van der Waals surface area contributed by atoms with E-state index in [2.05, 4.69) is 9.59 Å². The average Bonchev–Trinajstić information content (AvgIpc) is 3.02. The predicted octanol–water partition coefficient (Wildman–Crippen LogP) is 2.31. The Bertz CT molecular complexity index is 751. The second-order valence-corrected chi connectivity index (χ2v) is 5.00. The summed E-state index contributed by atoms with van der Waals surface area (Å²) >= 11 is 0.825. The number of ether oxygens (including phenoxy) is 1. The minimum atomic E-state index is -1.71. The summed E-state index contributed by atoms with van der Waals surface area (Å²) in [6.45, 7) is 1.05. The first-order valence-electron chi connectivity index (χ1n) is 6.35. The monoisotopic (exact) mass is 345 g/mol. The van der Waals surface area contributed by atoms with Crippen molar-refractivity contribution in [3.8, 4) is 0 Å². The number of hydrogen-bond donors (Lipinski definition) is 1. The molecule has 0 fully saturated rings. The largest absolute Gasteiger partial charge is 0.451 e. The molecule has 6 nitrogen and oxygen atoms in total. The topological polar surface area (TPSA) is 81.2 Å². The maximum absolute atomic E-state index is 13.4. The van der Waals surface area contributed by atoms with E-state index < -0.39 is 41.6 Å². The van der Waals surface area contributed by atoms with Gasteiger partial charge in [0.2, 0.25) is 0 Å². The van der Waals surface area contributed by atoms with Gasteiger partial charge in [0.25, 0.3) is 5.91 Å². The molecule has 1 amide bonds. The number of anilines is 1. The van der Waals surface area contributed by atoms with Gasteiger partial charge in [-0.15, -0.1) is 5.10 Å². The number of halogens is 3. The van der Waals surface area contributed by atoms with Crippen LogP contribution in [-0.2, 0) is 16.0 Å². The zero-order valence-corrected chi connectivity index (χ0v) is 12.5. The highest BCUT2D eigenvalue weighted by Crippen LogP contribution is 2.19. The van der Waals surface area contributed by atoms with Gasteiger partial charge in [0.05, 0.1) is 11.4 Å². The van der Waals surface area contributed by atoms with Gasteiger partial charge in [0.1, 0.15) is 0 Å². The summed E-state index contributed by atoms with van der Waals surface area (Å²) in [7, 11) is 0. The second-order valence-electron chi connectivity index (χ2n) is 4.25. The Morgan fingerprint density at radius 1 is 1.26 bits per heavy atom. The van der Waals surface area contributed by atoms with Crippen LogP contribution in [0.4, 0.5) is 18.9 Å². The summed E-state index contributed by atoms with van der Waals surface area (Å²) in [5.41, 5.74) is -0.120. The molecule has 0 radical (unpaired) electrons. The molecular formula is C13H10F3N3O3S. The van der Waals surface area contributed by atoms with Crippen LogP contribution in [0.5, 0.6) is 0 Å². The predicted molar refractivity (Wildman–Crippen MR) is 74.5 cm³/mol. The number of carbonyl (C=O) groups is 2. The van der Waals surface area contributed by atoms with Crippen LogP contribution in [0.25, 0.3) is 0 Å². The zero-order valence-electron chi connectivity index (χ0n) is 11.7. The number of hydrogen-bond acceptors (Lipinski definition) is 6. The van der Waals surface area contributed by atoms with E-state index in [1.54, 1.807) is 6.92 Å².